The Morgan fingerprint density at radius 3 is 2.62 bits per heavy atom. The van der Waals surface area contributed by atoms with E-state index >= 15 is 0 Å². The summed E-state index contributed by atoms with van der Waals surface area (Å²) in [5.41, 5.74) is 3.16. The largest absolute Gasteiger partial charge is 0.490 e. The third-order valence-corrected chi connectivity index (χ3v) is 7.55. The lowest BCUT2D eigenvalue weighted by Gasteiger charge is -2.34. The van der Waals surface area contributed by atoms with Gasteiger partial charge in [-0.25, -0.2) is 15.0 Å². The van der Waals surface area contributed by atoms with Crippen molar-refractivity contribution < 1.29 is 4.74 Å². The molecule has 10 heteroatoms. The third-order valence-electron chi connectivity index (χ3n) is 7.55. The summed E-state index contributed by atoms with van der Waals surface area (Å²) in [5.74, 6) is 2.27. The van der Waals surface area contributed by atoms with E-state index in [2.05, 4.69) is 44.8 Å². The van der Waals surface area contributed by atoms with Crippen LogP contribution in [0.15, 0.2) is 66.0 Å². The summed E-state index contributed by atoms with van der Waals surface area (Å²) in [6.45, 7) is 7.72. The summed E-state index contributed by atoms with van der Waals surface area (Å²) in [5, 5.41) is 9.25. The Kier molecular flexibility index (Phi) is 6.97. The highest BCUT2D eigenvalue weighted by molar-refractivity contribution is 5.76. The van der Waals surface area contributed by atoms with Gasteiger partial charge in [-0.2, -0.15) is 10.2 Å². The van der Waals surface area contributed by atoms with E-state index in [1.165, 1.54) is 12.3 Å². The Morgan fingerprint density at radius 1 is 1.07 bits per heavy atom. The molecule has 0 unspecified atom stereocenters. The molecule has 1 aromatic carbocycles. The molecule has 202 valence electrons. The molecule has 0 bridgehead atoms. The minimum atomic E-state index is -0.179. The SMILES string of the molecule is CC(C)N1CCC(COc2cnc(-c3cccc(Cn4c(=O)ccn5c6cc(C#N)cnc6nc45)c3)nc2)CC1. The second-order valence-corrected chi connectivity index (χ2v) is 10.5. The van der Waals surface area contributed by atoms with Gasteiger partial charge in [0, 0.05) is 30.1 Å². The number of nitrogens with zero attached hydrogens (tertiary/aromatic N) is 8. The Labute approximate surface area is 231 Å². The van der Waals surface area contributed by atoms with Crippen LogP contribution >= 0.6 is 0 Å². The predicted molar refractivity (Wildman–Crippen MR) is 151 cm³/mol. The molecule has 0 aliphatic carbocycles. The van der Waals surface area contributed by atoms with Gasteiger partial charge in [0.2, 0.25) is 5.78 Å². The Balaban J connectivity index is 1.17. The van der Waals surface area contributed by atoms with Crippen molar-refractivity contribution in [3.8, 4) is 23.2 Å². The molecule has 5 heterocycles. The van der Waals surface area contributed by atoms with Crippen LogP contribution in [0.1, 0.15) is 37.8 Å². The number of hydrogen-bond acceptors (Lipinski definition) is 8. The molecule has 6 rings (SSSR count). The monoisotopic (exact) mass is 534 g/mol. The van der Waals surface area contributed by atoms with Gasteiger partial charge in [0.05, 0.1) is 36.6 Å². The van der Waals surface area contributed by atoms with Crippen LogP contribution < -0.4 is 10.3 Å². The van der Waals surface area contributed by atoms with Crippen LogP contribution in [0.4, 0.5) is 0 Å². The summed E-state index contributed by atoms with van der Waals surface area (Å²) in [6, 6.07) is 13.7. The molecule has 0 N–H and O–H groups in total. The highest BCUT2D eigenvalue weighted by atomic mass is 16.5. The topological polar surface area (TPSA) is 114 Å². The molecular weight excluding hydrogens is 504 g/mol. The lowest BCUT2D eigenvalue weighted by molar-refractivity contribution is 0.119. The molecule has 1 aliphatic rings. The smallest absolute Gasteiger partial charge is 0.255 e. The van der Waals surface area contributed by atoms with Crippen molar-refractivity contribution in [1.29, 1.82) is 5.26 Å². The van der Waals surface area contributed by atoms with Crippen molar-refractivity contribution in [1.82, 2.24) is 33.8 Å². The van der Waals surface area contributed by atoms with E-state index in [4.69, 9.17) is 4.74 Å². The minimum Gasteiger partial charge on any atom is -0.490 e. The maximum absolute atomic E-state index is 12.8. The minimum absolute atomic E-state index is 0.179. The van der Waals surface area contributed by atoms with E-state index in [0.29, 0.717) is 59.2 Å². The number of rotatable bonds is 7. The molecular formula is C30H30N8O2. The Bertz CT molecular complexity index is 1760. The van der Waals surface area contributed by atoms with E-state index in [9.17, 15) is 10.1 Å². The fourth-order valence-electron chi connectivity index (χ4n) is 5.22. The molecule has 40 heavy (non-hydrogen) atoms. The van der Waals surface area contributed by atoms with Crippen molar-refractivity contribution >= 4 is 16.9 Å². The molecule has 1 aliphatic heterocycles. The first-order valence-electron chi connectivity index (χ1n) is 13.5. The number of pyridine rings is 1. The molecule has 0 radical (unpaired) electrons. The fourth-order valence-corrected chi connectivity index (χ4v) is 5.22. The molecule has 1 fully saturated rings. The van der Waals surface area contributed by atoms with Crippen LogP contribution in [0.3, 0.4) is 0 Å². The average Bonchev–Trinajstić information content (AvgIpc) is 3.36. The quantitative estimate of drug-likeness (QED) is 0.309. The van der Waals surface area contributed by atoms with Crippen molar-refractivity contribution in [3.05, 3.63) is 82.7 Å². The van der Waals surface area contributed by atoms with Crippen molar-refractivity contribution in [2.24, 2.45) is 5.92 Å². The summed E-state index contributed by atoms with van der Waals surface area (Å²) in [7, 11) is 0. The van der Waals surface area contributed by atoms with Gasteiger partial charge >= 0.3 is 0 Å². The van der Waals surface area contributed by atoms with Crippen LogP contribution in [-0.4, -0.2) is 59.5 Å². The average molecular weight is 535 g/mol. The number of piperidine rings is 1. The van der Waals surface area contributed by atoms with Gasteiger partial charge in [0.1, 0.15) is 6.07 Å². The van der Waals surface area contributed by atoms with Crippen LogP contribution in [0.5, 0.6) is 5.75 Å². The number of fused-ring (bicyclic) bond motifs is 3. The van der Waals surface area contributed by atoms with Gasteiger partial charge in [-0.3, -0.25) is 13.8 Å². The lowest BCUT2D eigenvalue weighted by atomic mass is 9.97. The number of benzene rings is 1. The molecule has 0 atom stereocenters. The van der Waals surface area contributed by atoms with E-state index in [0.717, 1.165) is 37.1 Å². The second-order valence-electron chi connectivity index (χ2n) is 10.5. The molecule has 4 aromatic heterocycles. The normalized spacial score (nSPS) is 14.7. The molecule has 1 saturated heterocycles. The number of ether oxygens (including phenoxy) is 1. The number of likely N-dealkylation sites (tertiary alicyclic amines) is 1. The molecule has 10 nitrogen and oxygen atoms in total. The van der Waals surface area contributed by atoms with Crippen molar-refractivity contribution in [3.63, 3.8) is 0 Å². The van der Waals surface area contributed by atoms with Crippen LogP contribution in [0, 0.1) is 17.2 Å². The summed E-state index contributed by atoms with van der Waals surface area (Å²) in [4.78, 5) is 33.3. The molecule has 0 amide bonds. The maximum atomic E-state index is 12.8. The molecule has 0 saturated carbocycles. The Hall–Kier alpha value is -4.62. The van der Waals surface area contributed by atoms with Gasteiger partial charge in [-0.1, -0.05) is 18.2 Å². The summed E-state index contributed by atoms with van der Waals surface area (Å²) >= 11 is 0. The first kappa shape index (κ1) is 25.6. The summed E-state index contributed by atoms with van der Waals surface area (Å²) in [6.07, 6.45) is 8.88. The lowest BCUT2D eigenvalue weighted by Crippen LogP contribution is -2.39. The van der Waals surface area contributed by atoms with Crippen LogP contribution in [0.2, 0.25) is 0 Å². The van der Waals surface area contributed by atoms with Gasteiger partial charge in [-0.15, -0.1) is 0 Å². The van der Waals surface area contributed by atoms with Crippen LogP contribution in [-0.2, 0) is 6.54 Å². The van der Waals surface area contributed by atoms with Gasteiger partial charge in [0.15, 0.2) is 17.2 Å². The van der Waals surface area contributed by atoms with Gasteiger partial charge < -0.3 is 9.64 Å². The van der Waals surface area contributed by atoms with E-state index in [1.807, 2.05) is 24.3 Å². The third kappa shape index (κ3) is 5.16. The van der Waals surface area contributed by atoms with E-state index in [1.54, 1.807) is 33.6 Å². The number of imidazole rings is 1. The predicted octanol–water partition coefficient (Wildman–Crippen LogP) is 3.92. The molecule has 0 spiro atoms. The zero-order valence-corrected chi connectivity index (χ0v) is 22.6. The fraction of sp³-hybridized carbons (Fsp3) is 0.333. The van der Waals surface area contributed by atoms with Gasteiger partial charge in [0.25, 0.3) is 5.56 Å². The second kappa shape index (κ2) is 10.9. The highest BCUT2D eigenvalue weighted by Gasteiger charge is 2.21. The number of aromatic nitrogens is 6. The summed E-state index contributed by atoms with van der Waals surface area (Å²) < 4.78 is 9.39. The zero-order valence-electron chi connectivity index (χ0n) is 22.6. The number of hydrogen-bond donors (Lipinski definition) is 0. The van der Waals surface area contributed by atoms with E-state index in [-0.39, 0.29) is 5.56 Å². The standard InChI is InChI=1S/C30H30N8O2/c1-20(2)36-9-6-21(7-10-36)19-40-25-16-33-28(34-17-25)24-5-3-4-22(12-24)18-38-27(39)8-11-37-26-13-23(14-31)15-32-29(26)35-30(37)38/h3-5,8,11-13,15-17,20-21H,6-7,9-10,18-19H2,1-2H3. The van der Waals surface area contributed by atoms with Crippen LogP contribution in [0.25, 0.3) is 28.3 Å². The highest BCUT2D eigenvalue weighted by Crippen LogP contribution is 2.22. The first-order chi connectivity index (χ1) is 19.5. The molecule has 5 aromatic rings. The Morgan fingerprint density at radius 2 is 1.88 bits per heavy atom. The first-order valence-corrected chi connectivity index (χ1v) is 13.5. The number of nitriles is 1. The van der Waals surface area contributed by atoms with Crippen molar-refractivity contribution in [2.45, 2.75) is 39.3 Å². The van der Waals surface area contributed by atoms with Crippen molar-refractivity contribution in [2.75, 3.05) is 19.7 Å². The zero-order chi connectivity index (χ0) is 27.6. The maximum Gasteiger partial charge on any atom is 0.255 e. The van der Waals surface area contributed by atoms with Gasteiger partial charge in [-0.05, 0) is 63.4 Å². The van der Waals surface area contributed by atoms with E-state index < -0.39 is 0 Å².